The molecule has 11 heteroatoms. The molecule has 37 heavy (non-hydrogen) atoms. The first-order valence-electron chi connectivity index (χ1n) is 11.5. The fraction of sp³-hybridized carbons (Fsp3) is 0.269. The van der Waals surface area contributed by atoms with E-state index in [1.54, 1.807) is 24.4 Å². The van der Waals surface area contributed by atoms with Crippen LogP contribution in [-0.4, -0.2) is 25.2 Å². The summed E-state index contributed by atoms with van der Waals surface area (Å²) in [6, 6.07) is 8.14. The van der Waals surface area contributed by atoms with Gasteiger partial charge in [-0.3, -0.25) is 0 Å². The Labute approximate surface area is 213 Å². The molecule has 0 spiro atoms. The predicted octanol–water partition coefficient (Wildman–Crippen LogP) is 5.87. The summed E-state index contributed by atoms with van der Waals surface area (Å²) >= 11 is 1.21. The lowest BCUT2D eigenvalue weighted by Crippen LogP contribution is -2.32. The Kier molecular flexibility index (Phi) is 6.47. The van der Waals surface area contributed by atoms with Crippen molar-refractivity contribution in [2.45, 2.75) is 44.6 Å². The molecule has 0 saturated heterocycles. The zero-order valence-corrected chi connectivity index (χ0v) is 20.4. The van der Waals surface area contributed by atoms with Crippen LogP contribution >= 0.6 is 11.3 Å². The average molecular weight is 531 g/mol. The first kappa shape index (κ1) is 25.2. The third-order valence-electron chi connectivity index (χ3n) is 6.30. The Bertz CT molecular complexity index is 1470. The van der Waals surface area contributed by atoms with Gasteiger partial charge in [-0.2, -0.15) is 13.2 Å². The first-order chi connectivity index (χ1) is 17.6. The molecule has 0 unspecified atom stereocenters. The van der Waals surface area contributed by atoms with Crippen LogP contribution in [0.4, 0.5) is 29.2 Å². The summed E-state index contributed by atoms with van der Waals surface area (Å²) in [5.41, 5.74) is 0.386. The van der Waals surface area contributed by atoms with Crippen molar-refractivity contribution in [2.24, 2.45) is 0 Å². The van der Waals surface area contributed by atoms with Crippen molar-refractivity contribution in [2.75, 3.05) is 5.32 Å². The minimum Gasteiger partial charge on any atom is -0.392 e. The second kappa shape index (κ2) is 9.47. The van der Waals surface area contributed by atoms with E-state index in [9.17, 15) is 27.8 Å². The summed E-state index contributed by atoms with van der Waals surface area (Å²) in [6.07, 6.45) is -0.174. The van der Waals surface area contributed by atoms with Crippen LogP contribution < -0.4 is 5.32 Å². The van der Waals surface area contributed by atoms with Gasteiger partial charge in [0.1, 0.15) is 28.1 Å². The van der Waals surface area contributed by atoms with E-state index in [0.717, 1.165) is 29.5 Å². The normalized spacial score (nSPS) is 17.5. The van der Waals surface area contributed by atoms with Gasteiger partial charge in [-0.1, -0.05) is 6.07 Å². The maximum atomic E-state index is 14.5. The molecule has 3 aromatic heterocycles. The number of aliphatic hydroxyl groups excluding tert-OH is 1. The van der Waals surface area contributed by atoms with Gasteiger partial charge in [0.05, 0.1) is 22.7 Å². The lowest BCUT2D eigenvalue weighted by Gasteiger charge is -2.33. The number of nitrogens with one attached hydrogen (secondary N) is 1. The lowest BCUT2D eigenvalue weighted by molar-refractivity contribution is -0.137. The van der Waals surface area contributed by atoms with Crippen molar-refractivity contribution in [1.29, 1.82) is 0 Å². The number of hydrogen-bond acceptors (Lipinski definition) is 7. The minimum absolute atomic E-state index is 0.00117. The number of rotatable bonds is 5. The molecule has 0 bridgehead atoms. The molecule has 3 N–H and O–H groups in total. The molecule has 1 aromatic carbocycles. The molecule has 0 saturated carbocycles. The number of aryl methyl sites for hydroxylation is 2. The predicted molar refractivity (Wildman–Crippen MR) is 131 cm³/mol. The number of aliphatic hydroxyl groups is 2. The monoisotopic (exact) mass is 530 g/mol. The van der Waals surface area contributed by atoms with Crippen LogP contribution in [0.3, 0.4) is 0 Å². The highest BCUT2D eigenvalue weighted by atomic mass is 32.1. The number of halogens is 4. The Morgan fingerprint density at radius 2 is 1.92 bits per heavy atom. The van der Waals surface area contributed by atoms with Gasteiger partial charge in [0.2, 0.25) is 0 Å². The average Bonchev–Trinajstić information content (AvgIpc) is 3.35. The number of nitrogens with zero attached hydrogens (tertiary/aromatic N) is 3. The molecule has 3 heterocycles. The van der Waals surface area contributed by atoms with Gasteiger partial charge in [-0.05, 0) is 73.2 Å². The minimum atomic E-state index is -4.50. The van der Waals surface area contributed by atoms with E-state index in [1.807, 2.05) is 6.92 Å². The van der Waals surface area contributed by atoms with Crippen LogP contribution in [0.25, 0.3) is 10.6 Å². The fourth-order valence-corrected chi connectivity index (χ4v) is 5.53. The van der Waals surface area contributed by atoms with E-state index in [-0.39, 0.29) is 11.4 Å². The number of anilines is 2. The fourth-order valence-electron chi connectivity index (χ4n) is 4.52. The summed E-state index contributed by atoms with van der Waals surface area (Å²) < 4.78 is 53.7. The topological polar surface area (TPSA) is 91.2 Å². The third-order valence-corrected chi connectivity index (χ3v) is 7.47. The smallest absolute Gasteiger partial charge is 0.392 e. The van der Waals surface area contributed by atoms with Gasteiger partial charge in [-0.25, -0.2) is 19.3 Å². The maximum Gasteiger partial charge on any atom is 0.416 e. The SMILES string of the molecule is Cc1cc(Nc2cc(C(F)(F)F)ccn2)nc(-c2cnc([C@@]3(O)CCCc4cc(CO)c(F)cc43)s2)c1. The molecule has 0 aliphatic heterocycles. The summed E-state index contributed by atoms with van der Waals surface area (Å²) in [4.78, 5) is 13.5. The highest BCUT2D eigenvalue weighted by molar-refractivity contribution is 7.15. The van der Waals surface area contributed by atoms with Gasteiger partial charge in [-0.15, -0.1) is 11.3 Å². The van der Waals surface area contributed by atoms with E-state index >= 15 is 0 Å². The van der Waals surface area contributed by atoms with Gasteiger partial charge in [0, 0.05) is 18.0 Å². The molecule has 0 fully saturated rings. The molecule has 1 aliphatic carbocycles. The molecule has 0 radical (unpaired) electrons. The number of fused-ring (bicyclic) bond motifs is 1. The van der Waals surface area contributed by atoms with Crippen molar-refractivity contribution in [3.63, 3.8) is 0 Å². The third kappa shape index (κ3) is 4.94. The summed E-state index contributed by atoms with van der Waals surface area (Å²) in [5.74, 6) is -0.281. The van der Waals surface area contributed by atoms with Gasteiger partial charge < -0.3 is 15.5 Å². The molecular formula is C26H22F4N4O2S. The van der Waals surface area contributed by atoms with E-state index in [4.69, 9.17) is 0 Å². The van der Waals surface area contributed by atoms with Gasteiger partial charge in [0.15, 0.2) is 0 Å². The highest BCUT2D eigenvalue weighted by Gasteiger charge is 2.39. The molecule has 0 amide bonds. The molecule has 6 nitrogen and oxygen atoms in total. The number of alkyl halides is 3. The second-order valence-corrected chi connectivity index (χ2v) is 10.0. The molecule has 5 rings (SSSR count). The number of aromatic nitrogens is 3. The summed E-state index contributed by atoms with van der Waals surface area (Å²) in [7, 11) is 0. The van der Waals surface area contributed by atoms with Crippen LogP contribution in [0.2, 0.25) is 0 Å². The summed E-state index contributed by atoms with van der Waals surface area (Å²) in [5, 5.41) is 24.2. The van der Waals surface area contributed by atoms with Gasteiger partial charge in [0.25, 0.3) is 0 Å². The van der Waals surface area contributed by atoms with E-state index < -0.39 is 29.8 Å². The Morgan fingerprint density at radius 3 is 2.68 bits per heavy atom. The lowest BCUT2D eigenvalue weighted by atomic mass is 9.78. The van der Waals surface area contributed by atoms with Crippen LogP contribution in [0.5, 0.6) is 0 Å². The molecular weight excluding hydrogens is 508 g/mol. The molecule has 1 atom stereocenters. The molecule has 192 valence electrons. The van der Waals surface area contributed by atoms with Crippen molar-refractivity contribution in [3.05, 3.63) is 87.4 Å². The second-order valence-electron chi connectivity index (χ2n) is 8.97. The number of hydrogen-bond donors (Lipinski definition) is 3. The van der Waals surface area contributed by atoms with E-state index in [1.165, 1.54) is 17.4 Å². The Morgan fingerprint density at radius 1 is 1.11 bits per heavy atom. The molecule has 1 aliphatic rings. The van der Waals surface area contributed by atoms with Crippen molar-refractivity contribution in [1.82, 2.24) is 15.0 Å². The first-order valence-corrected chi connectivity index (χ1v) is 12.3. The van der Waals surface area contributed by atoms with E-state index in [2.05, 4.69) is 20.3 Å². The Balaban J connectivity index is 1.47. The Hall–Kier alpha value is -3.41. The van der Waals surface area contributed by atoms with Crippen LogP contribution in [0.15, 0.2) is 48.8 Å². The summed E-state index contributed by atoms with van der Waals surface area (Å²) in [6.45, 7) is 1.40. The standard InChI is InChI=1S/C26H22F4N4O2S/c1-14-7-20(33-23(8-14)34-22-10-17(4-6-31-22)26(28,29)30)21-12-32-24(37-21)25(36)5-2-3-15-9-16(13-35)19(27)11-18(15)25/h4,6-12,35-36H,2-3,5,13H2,1H3,(H,31,33,34)/t25-/m1/s1. The van der Waals surface area contributed by atoms with Gasteiger partial charge >= 0.3 is 6.18 Å². The van der Waals surface area contributed by atoms with Crippen molar-refractivity contribution < 1.29 is 27.8 Å². The number of benzene rings is 1. The zero-order chi connectivity index (χ0) is 26.4. The van der Waals surface area contributed by atoms with Crippen molar-refractivity contribution in [3.8, 4) is 10.6 Å². The largest absolute Gasteiger partial charge is 0.416 e. The highest BCUT2D eigenvalue weighted by Crippen LogP contribution is 2.44. The quantitative estimate of drug-likeness (QED) is 0.280. The number of thiazole rings is 1. The van der Waals surface area contributed by atoms with Crippen LogP contribution in [0, 0.1) is 12.7 Å². The van der Waals surface area contributed by atoms with Crippen molar-refractivity contribution >= 4 is 23.0 Å². The molecule has 4 aromatic rings. The van der Waals surface area contributed by atoms with Crippen LogP contribution in [-0.2, 0) is 24.8 Å². The van der Waals surface area contributed by atoms with Crippen LogP contribution in [0.1, 0.15) is 45.7 Å². The maximum absolute atomic E-state index is 14.5. The zero-order valence-electron chi connectivity index (χ0n) is 19.6. The number of pyridine rings is 2. The van der Waals surface area contributed by atoms with E-state index in [0.29, 0.717) is 46.2 Å².